The van der Waals surface area contributed by atoms with Gasteiger partial charge in [-0.25, -0.2) is 0 Å². The van der Waals surface area contributed by atoms with Crippen LogP contribution in [0.5, 0.6) is 0 Å². The molecule has 1 N–H and O–H groups in total. The lowest BCUT2D eigenvalue weighted by Gasteiger charge is -2.27. The van der Waals surface area contributed by atoms with E-state index in [4.69, 9.17) is 0 Å². The van der Waals surface area contributed by atoms with Crippen LogP contribution in [0.2, 0.25) is 0 Å². The van der Waals surface area contributed by atoms with Crippen LogP contribution in [-0.4, -0.2) is 29.9 Å². The van der Waals surface area contributed by atoms with Crippen molar-refractivity contribution >= 4 is 5.91 Å². The van der Waals surface area contributed by atoms with Gasteiger partial charge in [-0.3, -0.25) is 9.69 Å². The van der Waals surface area contributed by atoms with E-state index in [1.807, 2.05) is 0 Å². The molecule has 0 radical (unpaired) electrons. The molecule has 1 aliphatic heterocycles. The Bertz CT molecular complexity index is 454. The maximum atomic E-state index is 12.3. The van der Waals surface area contributed by atoms with Crippen LogP contribution < -0.4 is 5.32 Å². The van der Waals surface area contributed by atoms with E-state index >= 15 is 0 Å². The number of hydrogen-bond donors (Lipinski definition) is 1. The minimum atomic E-state index is 0.213. The Labute approximate surface area is 127 Å². The molecule has 3 heteroatoms. The van der Waals surface area contributed by atoms with Crippen molar-refractivity contribution in [3.05, 3.63) is 35.9 Å². The van der Waals surface area contributed by atoms with Gasteiger partial charge in [0, 0.05) is 12.1 Å². The maximum absolute atomic E-state index is 12.3. The van der Waals surface area contributed by atoms with E-state index in [-0.39, 0.29) is 5.91 Å². The topological polar surface area (TPSA) is 32.3 Å². The lowest BCUT2D eigenvalue weighted by Crippen LogP contribution is -2.42. The summed E-state index contributed by atoms with van der Waals surface area (Å²) in [5.74, 6) is 0.213. The predicted molar refractivity (Wildman–Crippen MR) is 85.0 cm³/mol. The quantitative estimate of drug-likeness (QED) is 0.921. The molecule has 2 aliphatic rings. The molecule has 2 fully saturated rings. The molecule has 1 heterocycles. The molecular weight excluding hydrogens is 260 g/mol. The zero-order valence-electron chi connectivity index (χ0n) is 12.8. The van der Waals surface area contributed by atoms with E-state index in [1.165, 1.54) is 37.7 Å². The number of carbonyl (C=O) groups is 1. The molecule has 21 heavy (non-hydrogen) atoms. The van der Waals surface area contributed by atoms with Gasteiger partial charge in [-0.2, -0.15) is 0 Å². The molecule has 1 atom stereocenters. The van der Waals surface area contributed by atoms with Crippen molar-refractivity contribution in [3.8, 4) is 0 Å². The van der Waals surface area contributed by atoms with Crippen LogP contribution in [0.1, 0.15) is 56.6 Å². The van der Waals surface area contributed by atoms with Gasteiger partial charge in [-0.1, -0.05) is 49.6 Å². The summed E-state index contributed by atoms with van der Waals surface area (Å²) in [5, 5.41) is 3.24. The van der Waals surface area contributed by atoms with Crippen molar-refractivity contribution in [1.82, 2.24) is 10.2 Å². The second-order valence-corrected chi connectivity index (χ2v) is 6.44. The first-order valence-corrected chi connectivity index (χ1v) is 8.41. The van der Waals surface area contributed by atoms with Gasteiger partial charge in [0.2, 0.25) is 5.91 Å². The molecule has 1 unspecified atom stereocenters. The van der Waals surface area contributed by atoms with E-state index in [2.05, 4.69) is 40.5 Å². The first kappa shape index (κ1) is 14.6. The van der Waals surface area contributed by atoms with Crippen LogP contribution >= 0.6 is 0 Å². The van der Waals surface area contributed by atoms with Gasteiger partial charge in [0.25, 0.3) is 0 Å². The second-order valence-electron chi connectivity index (χ2n) is 6.44. The van der Waals surface area contributed by atoms with Gasteiger partial charge in [0.15, 0.2) is 0 Å². The normalized spacial score (nSPS) is 24.1. The van der Waals surface area contributed by atoms with Crippen LogP contribution in [0.4, 0.5) is 0 Å². The highest BCUT2D eigenvalue weighted by molar-refractivity contribution is 5.78. The molecule has 0 spiro atoms. The third-order valence-corrected chi connectivity index (χ3v) is 4.86. The van der Waals surface area contributed by atoms with Crippen molar-refractivity contribution in [2.24, 2.45) is 0 Å². The molecule has 0 bridgehead atoms. The summed E-state index contributed by atoms with van der Waals surface area (Å²) in [6.07, 6.45) is 8.54. The summed E-state index contributed by atoms with van der Waals surface area (Å²) < 4.78 is 0. The summed E-state index contributed by atoms with van der Waals surface area (Å²) in [7, 11) is 0. The lowest BCUT2D eigenvalue weighted by molar-refractivity contribution is -0.123. The summed E-state index contributed by atoms with van der Waals surface area (Å²) in [6.45, 7) is 1.59. The van der Waals surface area contributed by atoms with Gasteiger partial charge in [0.05, 0.1) is 6.54 Å². The number of nitrogens with zero attached hydrogens (tertiary/aromatic N) is 1. The number of carbonyl (C=O) groups excluding carboxylic acids is 1. The molecule has 1 saturated heterocycles. The molecule has 1 aromatic rings. The number of hydrogen-bond acceptors (Lipinski definition) is 2. The monoisotopic (exact) mass is 286 g/mol. The minimum Gasteiger partial charge on any atom is -0.352 e. The fourth-order valence-electron chi connectivity index (χ4n) is 3.77. The second kappa shape index (κ2) is 7.08. The molecule has 1 amide bonds. The summed E-state index contributed by atoms with van der Waals surface area (Å²) >= 11 is 0. The number of likely N-dealkylation sites (tertiary alicyclic amines) is 1. The van der Waals surface area contributed by atoms with Crippen LogP contribution in [0, 0.1) is 0 Å². The molecule has 3 nitrogen and oxygen atoms in total. The molecule has 1 saturated carbocycles. The summed E-state index contributed by atoms with van der Waals surface area (Å²) in [6, 6.07) is 11.4. The number of rotatable bonds is 4. The van der Waals surface area contributed by atoms with Crippen LogP contribution in [0.15, 0.2) is 30.3 Å². The molecular formula is C18H26N2O. The largest absolute Gasteiger partial charge is 0.352 e. The predicted octanol–water partition coefficient (Wildman–Crippen LogP) is 3.27. The average molecular weight is 286 g/mol. The van der Waals surface area contributed by atoms with Gasteiger partial charge in [-0.15, -0.1) is 0 Å². The highest BCUT2D eigenvalue weighted by atomic mass is 16.2. The van der Waals surface area contributed by atoms with E-state index < -0.39 is 0 Å². The highest BCUT2D eigenvalue weighted by Gasteiger charge is 2.28. The van der Waals surface area contributed by atoms with Gasteiger partial charge >= 0.3 is 0 Å². The Morgan fingerprint density at radius 2 is 1.81 bits per heavy atom. The van der Waals surface area contributed by atoms with Crippen molar-refractivity contribution in [2.45, 2.75) is 57.0 Å². The Morgan fingerprint density at radius 1 is 1.05 bits per heavy atom. The first-order valence-electron chi connectivity index (χ1n) is 8.41. The van der Waals surface area contributed by atoms with Crippen molar-refractivity contribution in [2.75, 3.05) is 13.1 Å². The van der Waals surface area contributed by atoms with E-state index in [9.17, 15) is 4.79 Å². The minimum absolute atomic E-state index is 0.213. The van der Waals surface area contributed by atoms with Gasteiger partial charge < -0.3 is 5.32 Å². The Balaban J connectivity index is 1.54. The fraction of sp³-hybridized carbons (Fsp3) is 0.611. The SMILES string of the molecule is O=C(CN1CCCC1c1ccccc1)NC1CCCCC1. The Hall–Kier alpha value is -1.35. The van der Waals surface area contributed by atoms with Crippen LogP contribution in [0.3, 0.4) is 0 Å². The molecule has 3 rings (SSSR count). The molecule has 1 aliphatic carbocycles. The van der Waals surface area contributed by atoms with E-state index in [0.29, 0.717) is 18.6 Å². The van der Waals surface area contributed by atoms with Crippen LogP contribution in [0.25, 0.3) is 0 Å². The van der Waals surface area contributed by atoms with Crippen molar-refractivity contribution < 1.29 is 4.79 Å². The Morgan fingerprint density at radius 3 is 2.57 bits per heavy atom. The average Bonchev–Trinajstić information content (AvgIpc) is 2.97. The van der Waals surface area contributed by atoms with Crippen molar-refractivity contribution in [3.63, 3.8) is 0 Å². The van der Waals surface area contributed by atoms with Crippen molar-refractivity contribution in [1.29, 1.82) is 0 Å². The van der Waals surface area contributed by atoms with Gasteiger partial charge in [0.1, 0.15) is 0 Å². The lowest BCUT2D eigenvalue weighted by atomic mass is 9.95. The summed E-state index contributed by atoms with van der Waals surface area (Å²) in [4.78, 5) is 14.6. The zero-order chi connectivity index (χ0) is 14.5. The molecule has 0 aromatic heterocycles. The van der Waals surface area contributed by atoms with Gasteiger partial charge in [-0.05, 0) is 37.8 Å². The number of amides is 1. The molecule has 1 aromatic carbocycles. The third kappa shape index (κ3) is 3.85. The third-order valence-electron chi connectivity index (χ3n) is 4.86. The number of benzene rings is 1. The first-order chi connectivity index (χ1) is 10.3. The van der Waals surface area contributed by atoms with E-state index in [0.717, 1.165) is 19.4 Å². The molecule has 114 valence electrons. The number of nitrogens with one attached hydrogen (secondary N) is 1. The standard InChI is InChI=1S/C18H26N2O/c21-18(19-16-10-5-2-6-11-16)14-20-13-7-12-17(20)15-8-3-1-4-9-15/h1,3-4,8-9,16-17H,2,5-7,10-14H2,(H,19,21). The fourth-order valence-corrected chi connectivity index (χ4v) is 3.77. The zero-order valence-corrected chi connectivity index (χ0v) is 12.8. The smallest absolute Gasteiger partial charge is 0.234 e. The van der Waals surface area contributed by atoms with Crippen LogP contribution in [-0.2, 0) is 4.79 Å². The highest BCUT2D eigenvalue weighted by Crippen LogP contribution is 2.31. The Kier molecular flexibility index (Phi) is 4.91. The summed E-state index contributed by atoms with van der Waals surface area (Å²) in [5.41, 5.74) is 1.35. The van der Waals surface area contributed by atoms with E-state index in [1.54, 1.807) is 0 Å². The maximum Gasteiger partial charge on any atom is 0.234 e.